The van der Waals surface area contributed by atoms with Crippen LogP contribution in [0.25, 0.3) is 0 Å². The lowest BCUT2D eigenvalue weighted by Gasteiger charge is -2.42. The molecule has 10 nitrogen and oxygen atoms in total. The molecule has 6 N–H and O–H groups in total. The first-order chi connectivity index (χ1) is 10.4. The molecule has 0 saturated carbocycles. The summed E-state index contributed by atoms with van der Waals surface area (Å²) in [7, 11) is 0. The Bertz CT molecular complexity index is 388. The first kappa shape index (κ1) is 17.7. The van der Waals surface area contributed by atoms with Crippen LogP contribution < -0.4 is 0 Å². The second-order valence-corrected chi connectivity index (χ2v) is 5.24. The Morgan fingerprint density at radius 1 is 0.955 bits per heavy atom. The van der Waals surface area contributed by atoms with Crippen LogP contribution in [0.3, 0.4) is 0 Å². The lowest BCUT2D eigenvalue weighted by Crippen LogP contribution is -2.62. The van der Waals surface area contributed by atoms with Crippen molar-refractivity contribution < 1.29 is 49.6 Å². The second-order valence-electron chi connectivity index (χ2n) is 5.24. The number of hydrogen-bond donors (Lipinski definition) is 6. The van der Waals surface area contributed by atoms with E-state index < -0.39 is 74.6 Å². The molecule has 0 aliphatic carbocycles. The van der Waals surface area contributed by atoms with Gasteiger partial charge in [-0.2, -0.15) is 0 Å². The van der Waals surface area contributed by atoms with E-state index >= 15 is 0 Å². The zero-order valence-corrected chi connectivity index (χ0v) is 11.6. The van der Waals surface area contributed by atoms with Crippen LogP contribution >= 0.6 is 0 Å². The molecule has 0 aromatic carbocycles. The number of aliphatic hydroxyl groups is 6. The average Bonchev–Trinajstić information content (AvgIpc) is 2.51. The zero-order chi connectivity index (χ0) is 16.4. The van der Waals surface area contributed by atoms with Crippen LogP contribution in [0.1, 0.15) is 0 Å². The molecule has 0 aromatic rings. The molecule has 0 radical (unpaired) electrons. The van der Waals surface area contributed by atoms with Gasteiger partial charge in [-0.05, 0) is 0 Å². The molecule has 0 aromatic heterocycles. The first-order valence-electron chi connectivity index (χ1n) is 6.80. The number of rotatable bonds is 4. The van der Waals surface area contributed by atoms with Gasteiger partial charge in [-0.3, -0.25) is 4.79 Å². The summed E-state index contributed by atoms with van der Waals surface area (Å²) >= 11 is 0. The summed E-state index contributed by atoms with van der Waals surface area (Å²) in [5, 5.41) is 57.2. The van der Waals surface area contributed by atoms with Gasteiger partial charge in [-0.1, -0.05) is 0 Å². The maximum Gasteiger partial charge on any atom is 0.189 e. The lowest BCUT2D eigenvalue weighted by molar-refractivity contribution is -0.319. The van der Waals surface area contributed by atoms with E-state index in [1.54, 1.807) is 0 Å². The number of aliphatic hydroxyl groups excluding tert-OH is 6. The van der Waals surface area contributed by atoms with Crippen molar-refractivity contribution >= 4 is 5.78 Å². The Morgan fingerprint density at radius 3 is 2.18 bits per heavy atom. The minimum Gasteiger partial charge on any atom is -0.394 e. The van der Waals surface area contributed by atoms with Crippen molar-refractivity contribution in [3.63, 3.8) is 0 Å². The van der Waals surface area contributed by atoms with Crippen molar-refractivity contribution in [2.75, 3.05) is 19.8 Å². The molecular weight excluding hydrogens is 304 g/mol. The largest absolute Gasteiger partial charge is 0.394 e. The summed E-state index contributed by atoms with van der Waals surface area (Å²) in [4.78, 5) is 11.8. The maximum absolute atomic E-state index is 11.8. The molecule has 0 spiro atoms. The van der Waals surface area contributed by atoms with E-state index in [0.29, 0.717) is 0 Å². The highest BCUT2D eigenvalue weighted by Crippen LogP contribution is 2.25. The topological polar surface area (TPSA) is 166 Å². The molecule has 2 fully saturated rings. The Kier molecular flexibility index (Phi) is 5.82. The number of Topliss-reactive ketones (excluding diaryl/α,β-unsaturated/α-hetero) is 1. The maximum atomic E-state index is 11.8. The normalized spacial score (nSPS) is 46.7. The van der Waals surface area contributed by atoms with E-state index in [1.165, 1.54) is 0 Å². The third kappa shape index (κ3) is 3.30. The molecule has 128 valence electrons. The third-order valence-electron chi connectivity index (χ3n) is 3.76. The molecule has 0 unspecified atom stereocenters. The fourth-order valence-electron chi connectivity index (χ4n) is 2.40. The molecule has 2 aliphatic rings. The molecule has 2 rings (SSSR count). The summed E-state index contributed by atoms with van der Waals surface area (Å²) in [5.74, 6) is -0.630. The third-order valence-corrected chi connectivity index (χ3v) is 3.76. The van der Waals surface area contributed by atoms with E-state index in [2.05, 4.69) is 0 Å². The molecule has 22 heavy (non-hydrogen) atoms. The minimum absolute atomic E-state index is 0.398. The van der Waals surface area contributed by atoms with Crippen LogP contribution in [0.4, 0.5) is 0 Å². The van der Waals surface area contributed by atoms with Crippen LogP contribution in [-0.2, 0) is 19.0 Å². The highest BCUT2D eigenvalue weighted by molar-refractivity contribution is 5.85. The number of ether oxygens (including phenoxy) is 3. The number of hydrogen-bond acceptors (Lipinski definition) is 10. The standard InChI is InChI=1S/C12H20O10/c13-1-5-8(17)11(4(15)3-20-5)22-12-10(19)9(18)7(16)6(2-14)21-12/h5-14,16-19H,1-3H2/t5-,6-,7-,8-,9+,10-,11-,12-/m1/s1. The predicted molar refractivity (Wildman–Crippen MR) is 66.5 cm³/mol. The van der Waals surface area contributed by atoms with E-state index in [0.717, 1.165) is 0 Å². The quantitative estimate of drug-likeness (QED) is 0.296. The molecule has 2 heterocycles. The van der Waals surface area contributed by atoms with Crippen molar-refractivity contribution in [1.29, 1.82) is 0 Å². The van der Waals surface area contributed by atoms with Crippen LogP contribution in [0.15, 0.2) is 0 Å². The Balaban J connectivity index is 2.08. The number of ketones is 1. The van der Waals surface area contributed by atoms with E-state index in [1.807, 2.05) is 0 Å². The highest BCUT2D eigenvalue weighted by Gasteiger charge is 2.48. The predicted octanol–water partition coefficient (Wildman–Crippen LogP) is -4.51. The molecule has 10 heteroatoms. The Morgan fingerprint density at radius 2 is 1.59 bits per heavy atom. The summed E-state index contributed by atoms with van der Waals surface area (Å²) in [6, 6.07) is 0. The fraction of sp³-hybridized carbons (Fsp3) is 0.917. The monoisotopic (exact) mass is 324 g/mol. The van der Waals surface area contributed by atoms with E-state index in [9.17, 15) is 25.2 Å². The minimum atomic E-state index is -1.69. The van der Waals surface area contributed by atoms with Crippen molar-refractivity contribution in [3.05, 3.63) is 0 Å². The van der Waals surface area contributed by atoms with E-state index in [4.69, 9.17) is 24.4 Å². The molecule has 0 amide bonds. The molecule has 2 saturated heterocycles. The number of carbonyl (C=O) groups excluding carboxylic acids is 1. The van der Waals surface area contributed by atoms with Gasteiger partial charge >= 0.3 is 0 Å². The van der Waals surface area contributed by atoms with Gasteiger partial charge in [0, 0.05) is 0 Å². The molecule has 2 aliphatic heterocycles. The van der Waals surface area contributed by atoms with Crippen LogP contribution in [0, 0.1) is 0 Å². The SMILES string of the molecule is O=C1CO[C@H](CO)[C@@H](O)[C@@H]1O[C@H]1O[C@H](CO)[C@@H](O)[C@H](O)[C@H]1O. The van der Waals surface area contributed by atoms with Gasteiger partial charge in [0.25, 0.3) is 0 Å². The summed E-state index contributed by atoms with van der Waals surface area (Å²) in [6.45, 7) is -1.58. The van der Waals surface area contributed by atoms with Crippen molar-refractivity contribution in [2.24, 2.45) is 0 Å². The molecular formula is C12H20O10. The van der Waals surface area contributed by atoms with Gasteiger partial charge in [0.2, 0.25) is 0 Å². The van der Waals surface area contributed by atoms with Crippen molar-refractivity contribution in [1.82, 2.24) is 0 Å². The Labute approximate surface area is 125 Å². The van der Waals surface area contributed by atoms with Gasteiger partial charge in [0.05, 0.1) is 13.2 Å². The van der Waals surface area contributed by atoms with Gasteiger partial charge in [-0.25, -0.2) is 0 Å². The van der Waals surface area contributed by atoms with Crippen molar-refractivity contribution in [2.45, 2.75) is 49.0 Å². The van der Waals surface area contributed by atoms with Crippen LogP contribution in [-0.4, -0.2) is 105 Å². The zero-order valence-electron chi connectivity index (χ0n) is 11.6. The summed E-state index contributed by atoms with van der Waals surface area (Å²) < 4.78 is 15.2. The molecule has 8 atom stereocenters. The fourth-order valence-corrected chi connectivity index (χ4v) is 2.40. The number of carbonyl (C=O) groups is 1. The second kappa shape index (κ2) is 7.25. The Hall–Kier alpha value is -0.690. The lowest BCUT2D eigenvalue weighted by atomic mass is 9.98. The van der Waals surface area contributed by atoms with Gasteiger partial charge < -0.3 is 44.8 Å². The summed E-state index contributed by atoms with van der Waals surface area (Å²) in [5.41, 5.74) is 0. The summed E-state index contributed by atoms with van der Waals surface area (Å²) in [6.07, 6.45) is -11.6. The van der Waals surface area contributed by atoms with Gasteiger partial charge in [-0.15, -0.1) is 0 Å². The average molecular weight is 324 g/mol. The van der Waals surface area contributed by atoms with Crippen LogP contribution in [0.2, 0.25) is 0 Å². The highest BCUT2D eigenvalue weighted by atomic mass is 16.7. The smallest absolute Gasteiger partial charge is 0.189 e. The van der Waals surface area contributed by atoms with Gasteiger partial charge in [0.15, 0.2) is 12.1 Å². The van der Waals surface area contributed by atoms with Crippen molar-refractivity contribution in [3.8, 4) is 0 Å². The first-order valence-corrected chi connectivity index (χ1v) is 6.80. The van der Waals surface area contributed by atoms with E-state index in [-0.39, 0.29) is 0 Å². The van der Waals surface area contributed by atoms with Gasteiger partial charge in [0.1, 0.15) is 49.3 Å². The van der Waals surface area contributed by atoms with Crippen LogP contribution in [0.5, 0.6) is 0 Å². The molecule has 0 bridgehead atoms.